The fourth-order valence-corrected chi connectivity index (χ4v) is 10.8. The van der Waals surface area contributed by atoms with E-state index in [9.17, 15) is 38.4 Å². The van der Waals surface area contributed by atoms with E-state index in [-0.39, 0.29) is 86.4 Å². The maximum atomic E-state index is 14.4. The first-order valence-corrected chi connectivity index (χ1v) is 26.2. The Balaban J connectivity index is 1.56. The Morgan fingerprint density at radius 1 is 0.710 bits per heavy atom. The lowest BCUT2D eigenvalue weighted by molar-refractivity contribution is -0.136. The van der Waals surface area contributed by atoms with Crippen LogP contribution >= 0.6 is 21.6 Å². The van der Waals surface area contributed by atoms with Crippen molar-refractivity contribution in [3.05, 3.63) is 35.9 Å². The van der Waals surface area contributed by atoms with Crippen molar-refractivity contribution in [2.45, 2.75) is 140 Å². The smallest absolute Gasteiger partial charge is 0.254 e. The standard InChI is InChI=1S/C45H72N14O8S2/c1-26(2)22-31(39(63)56-32(23-27-12-5-3-6-13-27)40(64)58-34-25-69-68-24-33(36(46)60)57-41(34)65)55-38(62)29(16-9-19-51-44(47)48)53-37(61)30(17-10-20-52-45(49)50)54-42(66)35-18-11-21-59(35)43(67)28-14-7-4-8-15-28/h4,7-8,14-15,26-27,29-35H,3,5-6,9-13,16-25H2,1-2H3,(H2,46,60)(H,53,61)(H,54,66)(H,55,62)(H,56,63)(H,57,65)(H,58,64)(H4,47,48,51)(H4,49,50,52)/t29-,30-,31+,32+,33+,34+,35+/m1/s1. The summed E-state index contributed by atoms with van der Waals surface area (Å²) < 4.78 is 0. The Bertz CT molecular complexity index is 1980. The van der Waals surface area contributed by atoms with Crippen molar-refractivity contribution in [3.63, 3.8) is 0 Å². The number of likely N-dealkylation sites (tertiary alicyclic amines) is 1. The van der Waals surface area contributed by atoms with Crippen LogP contribution in [-0.4, -0.2) is 138 Å². The Labute approximate surface area is 411 Å². The van der Waals surface area contributed by atoms with Crippen molar-refractivity contribution in [2.24, 2.45) is 50.5 Å². The maximum Gasteiger partial charge on any atom is 0.254 e. The molecule has 8 amide bonds. The topological polar surface area (TPSA) is 367 Å². The molecule has 1 saturated carbocycles. The quantitative estimate of drug-likeness (QED) is 0.0262. The van der Waals surface area contributed by atoms with E-state index >= 15 is 0 Å². The van der Waals surface area contributed by atoms with E-state index in [0.717, 1.165) is 32.1 Å². The zero-order chi connectivity index (χ0) is 50.5. The van der Waals surface area contributed by atoms with Crippen LogP contribution in [0.2, 0.25) is 0 Å². The number of nitrogens with zero attached hydrogens (tertiary/aromatic N) is 3. The lowest BCUT2D eigenvalue weighted by Crippen LogP contribution is -2.61. The van der Waals surface area contributed by atoms with Gasteiger partial charge in [-0.05, 0) is 75.3 Å². The summed E-state index contributed by atoms with van der Waals surface area (Å²) in [5, 5.41) is 16.7. The van der Waals surface area contributed by atoms with Crippen molar-refractivity contribution >= 4 is 80.8 Å². The summed E-state index contributed by atoms with van der Waals surface area (Å²) in [5.74, 6) is -4.65. The average molecular weight is 1000 g/mol. The fourth-order valence-electron chi connectivity index (χ4n) is 8.50. The highest BCUT2D eigenvalue weighted by molar-refractivity contribution is 8.76. The number of hydrogen-bond donors (Lipinski definition) is 11. The lowest BCUT2D eigenvalue weighted by atomic mass is 9.84. The third kappa shape index (κ3) is 18.9. The van der Waals surface area contributed by atoms with Crippen LogP contribution in [-0.2, 0) is 33.6 Å². The molecule has 7 atom stereocenters. The number of guanidine groups is 2. The molecular formula is C45H72N14O8S2. The van der Waals surface area contributed by atoms with Gasteiger partial charge in [0.25, 0.3) is 5.91 Å². The summed E-state index contributed by atoms with van der Waals surface area (Å²) >= 11 is 0. The number of hydrogen-bond acceptors (Lipinski definition) is 12. The molecule has 24 heteroatoms. The van der Waals surface area contributed by atoms with Crippen LogP contribution in [0, 0.1) is 11.8 Å². The second kappa shape index (κ2) is 28.6. The first kappa shape index (κ1) is 55.8. The molecule has 0 spiro atoms. The second-order valence-corrected chi connectivity index (χ2v) is 20.7. The number of nitrogens with one attached hydrogen (secondary N) is 6. The van der Waals surface area contributed by atoms with Crippen LogP contribution < -0.4 is 60.6 Å². The Morgan fingerprint density at radius 2 is 1.28 bits per heavy atom. The molecule has 3 fully saturated rings. The van der Waals surface area contributed by atoms with Gasteiger partial charge in [-0.2, -0.15) is 0 Å². The van der Waals surface area contributed by atoms with Crippen LogP contribution in [0.5, 0.6) is 0 Å². The maximum absolute atomic E-state index is 14.4. The molecular weight excluding hydrogens is 929 g/mol. The van der Waals surface area contributed by atoms with E-state index < -0.39 is 83.6 Å². The van der Waals surface area contributed by atoms with E-state index in [1.165, 1.54) is 26.5 Å². The molecule has 16 N–H and O–H groups in total. The number of amides is 8. The molecule has 2 aliphatic heterocycles. The number of nitrogens with two attached hydrogens (primary N) is 5. The van der Waals surface area contributed by atoms with Gasteiger partial charge in [0.2, 0.25) is 41.4 Å². The Hall–Kier alpha value is -5.78. The van der Waals surface area contributed by atoms with E-state index in [2.05, 4.69) is 41.9 Å². The van der Waals surface area contributed by atoms with Crippen LogP contribution in [0.3, 0.4) is 0 Å². The Kier molecular flexibility index (Phi) is 23.2. The Morgan fingerprint density at radius 3 is 1.87 bits per heavy atom. The third-order valence-electron chi connectivity index (χ3n) is 12.1. The molecule has 1 aromatic carbocycles. The number of carbonyl (C=O) groups is 8. The third-order valence-corrected chi connectivity index (χ3v) is 14.5. The largest absolute Gasteiger partial charge is 0.370 e. The predicted molar refractivity (Wildman–Crippen MR) is 267 cm³/mol. The van der Waals surface area contributed by atoms with Gasteiger partial charge in [-0.1, -0.05) is 85.7 Å². The van der Waals surface area contributed by atoms with Gasteiger partial charge in [-0.15, -0.1) is 0 Å². The number of rotatable bonds is 24. The van der Waals surface area contributed by atoms with Crippen molar-refractivity contribution < 1.29 is 38.4 Å². The molecule has 2 saturated heterocycles. The first-order valence-electron chi connectivity index (χ1n) is 23.8. The van der Waals surface area contributed by atoms with Gasteiger partial charge in [0.15, 0.2) is 11.9 Å². The summed E-state index contributed by atoms with van der Waals surface area (Å²) in [6.07, 6.45) is 6.66. The molecule has 0 bridgehead atoms. The van der Waals surface area contributed by atoms with Crippen molar-refractivity contribution in [2.75, 3.05) is 31.1 Å². The highest BCUT2D eigenvalue weighted by Gasteiger charge is 2.38. The summed E-state index contributed by atoms with van der Waals surface area (Å²) in [6.45, 7) is 4.33. The van der Waals surface area contributed by atoms with Gasteiger partial charge >= 0.3 is 0 Å². The number of aliphatic imine (C=N–C) groups is 2. The van der Waals surface area contributed by atoms with Gasteiger partial charge in [-0.25, -0.2) is 0 Å². The minimum absolute atomic E-state index is 0.0179. The van der Waals surface area contributed by atoms with Crippen LogP contribution in [0.1, 0.15) is 108 Å². The number of primary amides is 1. The lowest BCUT2D eigenvalue weighted by Gasteiger charge is -2.31. The monoisotopic (exact) mass is 1000 g/mol. The van der Waals surface area contributed by atoms with Gasteiger partial charge in [0.05, 0.1) is 0 Å². The molecule has 0 aromatic heterocycles. The zero-order valence-corrected chi connectivity index (χ0v) is 41.3. The summed E-state index contributed by atoms with van der Waals surface area (Å²) in [5.41, 5.74) is 28.1. The van der Waals surface area contributed by atoms with E-state index in [0.29, 0.717) is 31.4 Å². The normalized spacial score (nSPS) is 20.3. The summed E-state index contributed by atoms with van der Waals surface area (Å²) in [7, 11) is 2.66. The zero-order valence-electron chi connectivity index (χ0n) is 39.6. The average Bonchev–Trinajstić information content (AvgIpc) is 3.80. The predicted octanol–water partition coefficient (Wildman–Crippen LogP) is -0.796. The summed E-state index contributed by atoms with van der Waals surface area (Å²) in [4.78, 5) is 119. The highest BCUT2D eigenvalue weighted by atomic mass is 33.1. The van der Waals surface area contributed by atoms with Gasteiger partial charge < -0.3 is 65.5 Å². The van der Waals surface area contributed by atoms with Gasteiger partial charge in [0, 0.05) is 36.7 Å². The fraction of sp³-hybridized carbons (Fsp3) is 0.644. The van der Waals surface area contributed by atoms with Crippen LogP contribution in [0.15, 0.2) is 40.3 Å². The minimum Gasteiger partial charge on any atom is -0.370 e. The van der Waals surface area contributed by atoms with Crippen LogP contribution in [0.4, 0.5) is 0 Å². The van der Waals surface area contributed by atoms with Crippen molar-refractivity contribution in [1.82, 2.24) is 36.8 Å². The van der Waals surface area contributed by atoms with Crippen LogP contribution in [0.25, 0.3) is 0 Å². The van der Waals surface area contributed by atoms with Gasteiger partial charge in [0.1, 0.15) is 42.3 Å². The molecule has 4 rings (SSSR count). The second-order valence-electron chi connectivity index (χ2n) is 18.1. The molecule has 1 aromatic rings. The molecule has 3 aliphatic rings. The van der Waals surface area contributed by atoms with Crippen molar-refractivity contribution in [3.8, 4) is 0 Å². The number of carbonyl (C=O) groups excluding carboxylic acids is 8. The van der Waals surface area contributed by atoms with Gasteiger partial charge in [-0.3, -0.25) is 48.3 Å². The molecule has 1 aliphatic carbocycles. The SMILES string of the molecule is CC(C)C[C@H](NC(=O)[C@@H](CCCN=C(N)N)NC(=O)[C@@H](CCCN=C(N)N)NC(=O)[C@@H]1CCCN1C(=O)c1ccccc1)C(=O)N[C@@H](CC1CCCCC1)C(=O)N[C@H]1CSSC[C@@H](C(N)=O)NC1=O. The number of benzene rings is 1. The first-order chi connectivity index (χ1) is 32.9. The molecule has 0 unspecified atom stereocenters. The van der Waals surface area contributed by atoms with E-state index in [1.54, 1.807) is 30.3 Å². The molecule has 0 radical (unpaired) electrons. The van der Waals surface area contributed by atoms with E-state index in [1.807, 2.05) is 13.8 Å². The van der Waals surface area contributed by atoms with E-state index in [4.69, 9.17) is 28.7 Å². The molecule has 382 valence electrons. The summed E-state index contributed by atoms with van der Waals surface area (Å²) in [6, 6.07) is 1.08. The van der Waals surface area contributed by atoms with Crippen molar-refractivity contribution in [1.29, 1.82) is 0 Å². The molecule has 2 heterocycles. The minimum atomic E-state index is -1.26. The highest BCUT2D eigenvalue weighted by Crippen LogP contribution is 2.29. The molecule has 22 nitrogen and oxygen atoms in total. The molecule has 69 heavy (non-hydrogen) atoms.